The van der Waals surface area contributed by atoms with Gasteiger partial charge in [0.2, 0.25) is 5.91 Å². The Morgan fingerprint density at radius 3 is 2.67 bits per heavy atom. The minimum Gasteiger partial charge on any atom is -0.488 e. The summed E-state index contributed by atoms with van der Waals surface area (Å²) in [6.07, 6.45) is 1.83. The first-order valence-corrected chi connectivity index (χ1v) is 6.37. The number of nitrogens with zero attached hydrogens (tertiary/aromatic N) is 1. The summed E-state index contributed by atoms with van der Waals surface area (Å²) in [5.41, 5.74) is 0.767. The van der Waals surface area contributed by atoms with Gasteiger partial charge in [0, 0.05) is 18.8 Å². The summed E-state index contributed by atoms with van der Waals surface area (Å²) >= 11 is 1.63. The van der Waals surface area contributed by atoms with Crippen molar-refractivity contribution >= 4 is 22.9 Å². The molecule has 0 aliphatic rings. The van der Waals surface area contributed by atoms with Gasteiger partial charge in [0.25, 0.3) is 0 Å². The third-order valence-corrected chi connectivity index (χ3v) is 3.11. The molecule has 0 atom stereocenters. The van der Waals surface area contributed by atoms with Gasteiger partial charge in [-0.3, -0.25) is 4.79 Å². The largest absolute Gasteiger partial charge is 0.488 e. The number of nitrogens with one attached hydrogen (secondary N) is 1. The summed E-state index contributed by atoms with van der Waals surface area (Å²) in [5, 5.41) is 3.74. The minimum atomic E-state index is -0.0798. The van der Waals surface area contributed by atoms with Crippen LogP contribution in [0.5, 0.6) is 5.75 Å². The van der Waals surface area contributed by atoms with Gasteiger partial charge in [0.15, 0.2) is 0 Å². The minimum absolute atomic E-state index is 0.0798. The van der Waals surface area contributed by atoms with Crippen molar-refractivity contribution in [1.29, 1.82) is 0 Å². The van der Waals surface area contributed by atoms with E-state index in [-0.39, 0.29) is 5.91 Å². The number of hydrogen-bond acceptors (Lipinski definition) is 4. The highest BCUT2D eigenvalue weighted by Gasteiger charge is 2.00. The molecule has 2 rings (SSSR count). The zero-order valence-corrected chi connectivity index (χ0v) is 11.1. The normalized spacial score (nSPS) is 10.1. The van der Waals surface area contributed by atoms with E-state index in [1.165, 1.54) is 6.92 Å². The topological polar surface area (TPSA) is 51.2 Å². The molecule has 0 unspecified atom stereocenters. The number of rotatable bonds is 4. The van der Waals surface area contributed by atoms with Gasteiger partial charge in [-0.1, -0.05) is 0 Å². The Hall–Kier alpha value is -1.88. The smallest absolute Gasteiger partial charge is 0.221 e. The lowest BCUT2D eigenvalue weighted by atomic mass is 10.3. The lowest BCUT2D eigenvalue weighted by Gasteiger charge is -2.06. The van der Waals surface area contributed by atoms with Crippen LogP contribution in [-0.4, -0.2) is 10.9 Å². The zero-order chi connectivity index (χ0) is 13.0. The second-order valence-corrected chi connectivity index (χ2v) is 5.16. The second kappa shape index (κ2) is 5.64. The van der Waals surface area contributed by atoms with Crippen molar-refractivity contribution in [2.75, 3.05) is 5.32 Å². The van der Waals surface area contributed by atoms with Crippen molar-refractivity contribution in [3.05, 3.63) is 40.3 Å². The molecule has 2 aromatic rings. The second-order valence-electron chi connectivity index (χ2n) is 3.84. The first-order chi connectivity index (χ1) is 8.63. The third-order valence-electron chi connectivity index (χ3n) is 2.22. The Kier molecular flexibility index (Phi) is 3.94. The molecule has 0 saturated heterocycles. The lowest BCUT2D eigenvalue weighted by molar-refractivity contribution is -0.114. The van der Waals surface area contributed by atoms with E-state index in [0.717, 1.165) is 21.3 Å². The van der Waals surface area contributed by atoms with E-state index in [2.05, 4.69) is 10.3 Å². The van der Waals surface area contributed by atoms with Gasteiger partial charge in [0.05, 0.1) is 9.88 Å². The molecular weight excluding hydrogens is 248 g/mol. The summed E-state index contributed by atoms with van der Waals surface area (Å²) < 4.78 is 5.62. The Morgan fingerprint density at radius 2 is 2.11 bits per heavy atom. The van der Waals surface area contributed by atoms with Crippen LogP contribution in [0.15, 0.2) is 30.5 Å². The van der Waals surface area contributed by atoms with Gasteiger partial charge in [-0.15, -0.1) is 11.3 Å². The van der Waals surface area contributed by atoms with Crippen molar-refractivity contribution in [1.82, 2.24) is 4.98 Å². The van der Waals surface area contributed by atoms with Crippen LogP contribution in [0.3, 0.4) is 0 Å². The number of carbonyl (C=O) groups excluding carboxylic acids is 1. The van der Waals surface area contributed by atoms with Crippen molar-refractivity contribution < 1.29 is 9.53 Å². The highest BCUT2D eigenvalue weighted by Crippen LogP contribution is 2.18. The Labute approximate surface area is 110 Å². The molecule has 94 valence electrons. The maximum Gasteiger partial charge on any atom is 0.221 e. The van der Waals surface area contributed by atoms with Crippen molar-refractivity contribution in [3.8, 4) is 5.75 Å². The summed E-state index contributed by atoms with van der Waals surface area (Å²) in [5.74, 6) is 0.693. The maximum atomic E-state index is 10.9. The summed E-state index contributed by atoms with van der Waals surface area (Å²) in [4.78, 5) is 16.1. The van der Waals surface area contributed by atoms with E-state index < -0.39 is 0 Å². The average Bonchev–Trinajstić information content (AvgIpc) is 2.74. The molecule has 1 heterocycles. The standard InChI is InChI=1S/C13H14N2O2S/c1-9(16)15-11-3-5-12(6-4-11)17-8-13-7-14-10(2)18-13/h3-7H,8H2,1-2H3,(H,15,16). The molecule has 1 amide bonds. The van der Waals surface area contributed by atoms with E-state index in [4.69, 9.17) is 4.74 Å². The Morgan fingerprint density at radius 1 is 1.39 bits per heavy atom. The number of anilines is 1. The van der Waals surface area contributed by atoms with E-state index in [9.17, 15) is 4.79 Å². The number of amides is 1. The van der Waals surface area contributed by atoms with Gasteiger partial charge in [-0.2, -0.15) is 0 Å². The van der Waals surface area contributed by atoms with Crippen LogP contribution in [0.1, 0.15) is 16.8 Å². The quantitative estimate of drug-likeness (QED) is 0.921. The van der Waals surface area contributed by atoms with Crippen molar-refractivity contribution in [2.24, 2.45) is 0 Å². The van der Waals surface area contributed by atoms with Crippen LogP contribution in [0.4, 0.5) is 5.69 Å². The molecular formula is C13H14N2O2S. The van der Waals surface area contributed by atoms with Crippen LogP contribution < -0.4 is 10.1 Å². The zero-order valence-electron chi connectivity index (χ0n) is 10.3. The van der Waals surface area contributed by atoms with Gasteiger partial charge < -0.3 is 10.1 Å². The van der Waals surface area contributed by atoms with Crippen LogP contribution in [0, 0.1) is 6.92 Å². The molecule has 5 heteroatoms. The number of aromatic nitrogens is 1. The Bertz CT molecular complexity index is 534. The number of hydrogen-bond donors (Lipinski definition) is 1. The highest BCUT2D eigenvalue weighted by molar-refractivity contribution is 7.11. The van der Waals surface area contributed by atoms with Crippen molar-refractivity contribution in [2.45, 2.75) is 20.5 Å². The summed E-state index contributed by atoms with van der Waals surface area (Å²) in [7, 11) is 0. The van der Waals surface area contributed by atoms with Gasteiger partial charge in [-0.05, 0) is 31.2 Å². The fourth-order valence-electron chi connectivity index (χ4n) is 1.46. The van der Waals surface area contributed by atoms with Gasteiger partial charge in [-0.25, -0.2) is 4.98 Å². The molecule has 1 N–H and O–H groups in total. The Balaban J connectivity index is 1.92. The first kappa shape index (κ1) is 12.6. The van der Waals surface area contributed by atoms with Gasteiger partial charge in [0.1, 0.15) is 12.4 Å². The van der Waals surface area contributed by atoms with E-state index in [1.807, 2.05) is 37.4 Å². The van der Waals surface area contributed by atoms with Crippen LogP contribution in [0.25, 0.3) is 0 Å². The summed E-state index contributed by atoms with van der Waals surface area (Å²) in [6, 6.07) is 7.29. The molecule has 0 aliphatic heterocycles. The summed E-state index contributed by atoms with van der Waals surface area (Å²) in [6.45, 7) is 3.97. The number of benzene rings is 1. The number of carbonyl (C=O) groups is 1. The SMILES string of the molecule is CC(=O)Nc1ccc(OCc2cnc(C)s2)cc1. The van der Waals surface area contributed by atoms with Crippen LogP contribution in [0.2, 0.25) is 0 Å². The molecule has 1 aromatic heterocycles. The first-order valence-electron chi connectivity index (χ1n) is 5.55. The molecule has 1 aromatic carbocycles. The molecule has 0 radical (unpaired) electrons. The van der Waals surface area contributed by atoms with Gasteiger partial charge >= 0.3 is 0 Å². The monoisotopic (exact) mass is 262 g/mol. The molecule has 4 nitrogen and oxygen atoms in total. The third kappa shape index (κ3) is 3.56. The fourth-order valence-corrected chi connectivity index (χ4v) is 2.17. The van der Waals surface area contributed by atoms with Crippen LogP contribution >= 0.6 is 11.3 Å². The van der Waals surface area contributed by atoms with E-state index >= 15 is 0 Å². The molecule has 0 bridgehead atoms. The fraction of sp³-hybridized carbons (Fsp3) is 0.231. The molecule has 0 aliphatic carbocycles. The number of thiazole rings is 1. The van der Waals surface area contributed by atoms with E-state index in [1.54, 1.807) is 11.3 Å². The number of aryl methyl sites for hydroxylation is 1. The molecule has 0 spiro atoms. The van der Waals surface area contributed by atoms with Crippen molar-refractivity contribution in [3.63, 3.8) is 0 Å². The van der Waals surface area contributed by atoms with Crippen LogP contribution in [-0.2, 0) is 11.4 Å². The predicted molar refractivity (Wildman–Crippen MR) is 71.9 cm³/mol. The molecule has 0 saturated carbocycles. The number of ether oxygens (including phenoxy) is 1. The lowest BCUT2D eigenvalue weighted by Crippen LogP contribution is -2.05. The molecule has 18 heavy (non-hydrogen) atoms. The maximum absolute atomic E-state index is 10.9. The highest BCUT2D eigenvalue weighted by atomic mass is 32.1. The average molecular weight is 262 g/mol. The predicted octanol–water partition coefficient (Wildman–Crippen LogP) is 2.99. The van der Waals surface area contributed by atoms with E-state index in [0.29, 0.717) is 6.61 Å². The molecule has 0 fully saturated rings.